The lowest BCUT2D eigenvalue weighted by molar-refractivity contribution is -0.253. The molecule has 6 rings (SSSR count). The fraction of sp³-hybridized carbons (Fsp3) is 0.457. The van der Waals surface area contributed by atoms with Gasteiger partial charge >= 0.3 is 12.2 Å². The minimum atomic E-state index is -1.44. The van der Waals surface area contributed by atoms with E-state index in [0.717, 1.165) is 47.9 Å². The average Bonchev–Trinajstić information content (AvgIpc) is 3.24. The van der Waals surface area contributed by atoms with Gasteiger partial charge in [-0.25, -0.2) is 9.59 Å². The van der Waals surface area contributed by atoms with Gasteiger partial charge in [0.15, 0.2) is 0 Å². The number of carbonyl (C=O) groups excluding carboxylic acids is 2. The first-order chi connectivity index (χ1) is 28.3. The number of fused-ring (bicyclic) bond motifs is 2. The van der Waals surface area contributed by atoms with E-state index < -0.39 is 29.9 Å². The molecule has 0 aromatic heterocycles. The van der Waals surface area contributed by atoms with E-state index in [-0.39, 0.29) is 57.2 Å². The molecule has 310 valence electrons. The number of rotatable bonds is 19. The highest BCUT2D eigenvalue weighted by Gasteiger charge is 2.65. The quantitative estimate of drug-likeness (QED) is 0.0626. The summed E-state index contributed by atoms with van der Waals surface area (Å²) >= 11 is 0. The molecule has 3 N–H and O–H groups in total. The van der Waals surface area contributed by atoms with Crippen LogP contribution in [0.1, 0.15) is 74.5 Å². The van der Waals surface area contributed by atoms with Crippen molar-refractivity contribution in [3.8, 4) is 11.5 Å². The Morgan fingerprint density at radius 1 is 0.966 bits per heavy atom. The number of aliphatic hydroxyl groups excluding tert-OH is 2. The molecular weight excluding hydrogens is 739 g/mol. The van der Waals surface area contributed by atoms with Gasteiger partial charge in [-0.15, -0.1) is 6.58 Å². The maximum Gasteiger partial charge on any atom is 0.412 e. The summed E-state index contributed by atoms with van der Waals surface area (Å²) in [6.07, 6.45) is 7.50. The predicted molar refractivity (Wildman–Crippen MR) is 220 cm³/mol. The Balaban J connectivity index is 1.52. The highest BCUT2D eigenvalue weighted by molar-refractivity contribution is 6.03. The number of nitrogens with one attached hydrogen (secondary N) is 1. The average molecular weight is 796 g/mol. The van der Waals surface area contributed by atoms with Gasteiger partial charge in [-0.2, -0.15) is 0 Å². The summed E-state index contributed by atoms with van der Waals surface area (Å²) in [5, 5.41) is 27.2. The molecule has 3 aromatic rings. The second-order valence-corrected chi connectivity index (χ2v) is 15.1. The van der Waals surface area contributed by atoms with Crippen LogP contribution in [-0.2, 0) is 27.5 Å². The Bertz CT molecular complexity index is 1890. The maximum atomic E-state index is 14.1. The van der Waals surface area contributed by atoms with Crippen LogP contribution in [0.25, 0.3) is 0 Å². The second kappa shape index (κ2) is 20.5. The number of hydrogen-bond donors (Lipinski definition) is 3. The summed E-state index contributed by atoms with van der Waals surface area (Å²) in [5.74, 6) is -1.27. The molecule has 12 heteroatoms. The summed E-state index contributed by atoms with van der Waals surface area (Å²) < 4.78 is 25.8. The van der Waals surface area contributed by atoms with Crippen molar-refractivity contribution in [2.24, 2.45) is 22.9 Å². The van der Waals surface area contributed by atoms with Crippen molar-refractivity contribution in [2.45, 2.75) is 82.8 Å². The van der Waals surface area contributed by atoms with Crippen molar-refractivity contribution in [1.82, 2.24) is 10.2 Å². The molecule has 0 saturated heterocycles. The van der Waals surface area contributed by atoms with E-state index in [9.17, 15) is 19.8 Å². The summed E-state index contributed by atoms with van der Waals surface area (Å²) in [6, 6.07) is 24.0. The van der Waals surface area contributed by atoms with Crippen molar-refractivity contribution in [3.05, 3.63) is 120 Å². The molecular formula is C46H57N3O9. The molecule has 0 bridgehead atoms. The lowest BCUT2D eigenvalue weighted by atomic mass is 9.55. The van der Waals surface area contributed by atoms with Crippen LogP contribution in [0.3, 0.4) is 0 Å². The van der Waals surface area contributed by atoms with Gasteiger partial charge in [0.1, 0.15) is 30.8 Å². The Morgan fingerprint density at radius 3 is 2.33 bits per heavy atom. The molecule has 1 aliphatic heterocycles. The molecule has 12 nitrogen and oxygen atoms in total. The third kappa shape index (κ3) is 9.74. The topological polar surface area (TPSA) is 148 Å². The highest BCUT2D eigenvalue weighted by atomic mass is 16.7. The minimum absolute atomic E-state index is 0.00800. The number of aliphatic hydroxyl groups is 2. The number of allylic oxidation sites excluding steroid dienone is 1. The zero-order chi connectivity index (χ0) is 40.9. The second-order valence-electron chi connectivity index (χ2n) is 15.1. The molecule has 3 aromatic carbocycles. The lowest BCUT2D eigenvalue weighted by Crippen LogP contribution is -2.69. The number of unbranched alkanes of at least 4 members (excludes halogenated alkanes) is 2. The van der Waals surface area contributed by atoms with E-state index in [4.69, 9.17) is 28.9 Å². The van der Waals surface area contributed by atoms with Crippen molar-refractivity contribution in [2.75, 3.05) is 33.4 Å². The molecule has 58 heavy (non-hydrogen) atoms. The number of benzene rings is 3. The van der Waals surface area contributed by atoms with Crippen molar-refractivity contribution in [1.29, 1.82) is 0 Å². The number of likely N-dealkylation sites (N-methyl/N-ethyl adjacent to an activating group) is 1. The van der Waals surface area contributed by atoms with Crippen molar-refractivity contribution >= 4 is 17.9 Å². The first-order valence-corrected chi connectivity index (χ1v) is 20.5. The first kappa shape index (κ1) is 42.4. The standard InChI is InChI=1S/C46H57N3O9/c1-4-26-55-46-41(49(3)45(53)54-30-32-16-8-6-9-17-32)29-39(48-56-31-33-18-10-7-11-19-33)37-27-34(20-12-14-24-50)36(21-13-15-25-51)42(43(37)46)38-28-35(22-23-40(38)58-46)57-44(52)47-5-2/h4,6-11,16-19,22-23,27-28,34,36,41-43,50-51H,1,5,12-15,20-21,24-26,29-31H2,2-3H3,(H,47,52)/t34-,36+,41-,42+,43+,46+/m0/s1. The minimum Gasteiger partial charge on any atom is -0.459 e. The molecule has 1 saturated carbocycles. The van der Waals surface area contributed by atoms with Crippen LogP contribution < -0.4 is 14.8 Å². The third-order valence-electron chi connectivity index (χ3n) is 11.4. The van der Waals surface area contributed by atoms with Crippen LogP contribution in [-0.4, -0.2) is 78.3 Å². The molecule has 6 atom stereocenters. The number of hydrogen-bond acceptors (Lipinski definition) is 10. The van der Waals surface area contributed by atoms with Crippen LogP contribution >= 0.6 is 0 Å². The zero-order valence-corrected chi connectivity index (χ0v) is 33.6. The molecule has 3 aliphatic rings. The molecule has 0 unspecified atom stereocenters. The molecule has 0 radical (unpaired) electrons. The maximum absolute atomic E-state index is 14.1. The van der Waals surface area contributed by atoms with Gasteiger partial charge in [0.25, 0.3) is 0 Å². The molecule has 1 fully saturated rings. The van der Waals surface area contributed by atoms with E-state index in [0.29, 0.717) is 36.6 Å². The Morgan fingerprint density at radius 2 is 1.66 bits per heavy atom. The van der Waals surface area contributed by atoms with E-state index in [1.165, 1.54) is 0 Å². The fourth-order valence-electron chi connectivity index (χ4n) is 8.79. The largest absolute Gasteiger partial charge is 0.459 e. The van der Waals surface area contributed by atoms with E-state index in [1.54, 1.807) is 30.2 Å². The number of oxime groups is 1. The monoisotopic (exact) mass is 795 g/mol. The van der Waals surface area contributed by atoms with Crippen LogP contribution in [0, 0.1) is 17.8 Å². The van der Waals surface area contributed by atoms with Gasteiger partial charge in [0.2, 0.25) is 5.79 Å². The first-order valence-electron chi connectivity index (χ1n) is 20.5. The Kier molecular flexibility index (Phi) is 15.0. The van der Waals surface area contributed by atoms with Gasteiger partial charge in [-0.05, 0) is 79.3 Å². The van der Waals surface area contributed by atoms with Gasteiger partial charge in [0, 0.05) is 44.7 Å². The summed E-state index contributed by atoms with van der Waals surface area (Å²) in [7, 11) is 1.70. The van der Waals surface area contributed by atoms with Crippen LogP contribution in [0.2, 0.25) is 0 Å². The van der Waals surface area contributed by atoms with Gasteiger partial charge in [-0.3, -0.25) is 0 Å². The normalized spacial score (nSPS) is 23.7. The van der Waals surface area contributed by atoms with Crippen molar-refractivity contribution < 1.29 is 43.6 Å². The highest BCUT2D eigenvalue weighted by Crippen LogP contribution is 2.61. The van der Waals surface area contributed by atoms with E-state index in [1.807, 2.05) is 73.7 Å². The number of nitrogens with zero attached hydrogens (tertiary/aromatic N) is 2. The van der Waals surface area contributed by atoms with Crippen molar-refractivity contribution in [3.63, 3.8) is 0 Å². The molecule has 2 amide bonds. The number of ether oxygens (including phenoxy) is 4. The predicted octanol–water partition coefficient (Wildman–Crippen LogP) is 7.90. The summed E-state index contributed by atoms with van der Waals surface area (Å²) in [4.78, 5) is 34.5. The van der Waals surface area contributed by atoms with Crippen LogP contribution in [0.4, 0.5) is 9.59 Å². The number of carbonyl (C=O) groups is 2. The third-order valence-corrected chi connectivity index (χ3v) is 11.4. The fourth-order valence-corrected chi connectivity index (χ4v) is 8.79. The number of amides is 2. The van der Waals surface area contributed by atoms with Crippen LogP contribution in [0.5, 0.6) is 11.5 Å². The van der Waals surface area contributed by atoms with E-state index >= 15 is 0 Å². The van der Waals surface area contributed by atoms with Gasteiger partial charge in [0.05, 0.1) is 18.2 Å². The molecule has 0 spiro atoms. The Labute approximate surface area is 341 Å². The smallest absolute Gasteiger partial charge is 0.412 e. The van der Waals surface area contributed by atoms with Gasteiger partial charge in [-0.1, -0.05) is 90.8 Å². The SMILES string of the molecule is C=CCO[C@@]12Oc3ccc(OC(=O)NCC)cc3[C@H]3[C@H](CCCCO)[C@@H](CCCCO)C=C(C(=NOCc4ccccc4)C[C@@H]1N(C)C(=O)OCc1ccccc1)[C@H]32. The summed E-state index contributed by atoms with van der Waals surface area (Å²) in [6.45, 7) is 6.82. The van der Waals surface area contributed by atoms with Gasteiger partial charge < -0.3 is 44.2 Å². The van der Waals surface area contributed by atoms with E-state index in [2.05, 4.69) is 18.0 Å². The molecule has 1 heterocycles. The summed E-state index contributed by atoms with van der Waals surface area (Å²) in [5.41, 5.74) is 4.22. The lowest BCUT2D eigenvalue weighted by Gasteiger charge is -2.59. The molecule has 2 aliphatic carbocycles. The van der Waals surface area contributed by atoms with Crippen LogP contribution in [0.15, 0.2) is 108 Å². The Hall–Kier alpha value is -5.17. The zero-order valence-electron chi connectivity index (χ0n) is 33.6.